The van der Waals surface area contributed by atoms with Gasteiger partial charge in [-0.25, -0.2) is 9.78 Å². The van der Waals surface area contributed by atoms with Gasteiger partial charge in [0.25, 0.3) is 5.56 Å². The Morgan fingerprint density at radius 3 is 2.57 bits per heavy atom. The van der Waals surface area contributed by atoms with Crippen molar-refractivity contribution in [1.29, 1.82) is 0 Å². The van der Waals surface area contributed by atoms with Gasteiger partial charge in [0.2, 0.25) is 0 Å². The molecule has 0 bridgehead atoms. The van der Waals surface area contributed by atoms with E-state index < -0.39 is 0 Å². The van der Waals surface area contributed by atoms with E-state index in [9.17, 15) is 14.7 Å². The molecule has 2 aromatic rings. The van der Waals surface area contributed by atoms with Crippen molar-refractivity contribution in [3.63, 3.8) is 0 Å². The van der Waals surface area contributed by atoms with Crippen LogP contribution in [-0.4, -0.2) is 29.9 Å². The Balaban J connectivity index is 0.00000220. The van der Waals surface area contributed by atoms with Crippen molar-refractivity contribution in [2.24, 2.45) is 14.1 Å². The molecule has 0 aliphatic rings. The Morgan fingerprint density at radius 1 is 1.29 bits per heavy atom. The van der Waals surface area contributed by atoms with Crippen LogP contribution in [-0.2, 0) is 43.0 Å². The van der Waals surface area contributed by atoms with Gasteiger partial charge in [-0.05, 0) is 26.2 Å². The summed E-state index contributed by atoms with van der Waals surface area (Å²) in [6, 6.07) is 0. The Bertz CT molecular complexity index is 729. The minimum Gasteiger partial charge on any atom is -0.393 e. The number of unbranched alkanes of at least 4 members (excludes halogenated alkanes) is 1. The van der Waals surface area contributed by atoms with Crippen LogP contribution in [0.4, 0.5) is 0 Å². The van der Waals surface area contributed by atoms with E-state index in [-0.39, 0.29) is 39.7 Å². The van der Waals surface area contributed by atoms with Crippen molar-refractivity contribution in [3.05, 3.63) is 27.2 Å². The van der Waals surface area contributed by atoms with Crippen molar-refractivity contribution in [2.45, 2.75) is 38.8 Å². The maximum atomic E-state index is 12.4. The summed E-state index contributed by atoms with van der Waals surface area (Å²) in [6.07, 6.45) is 3.31. The zero-order valence-electron chi connectivity index (χ0n) is 12.3. The summed E-state index contributed by atoms with van der Waals surface area (Å²) < 4.78 is 4.26. The monoisotopic (exact) mass is 387 g/mol. The van der Waals surface area contributed by atoms with Crippen LogP contribution in [0.3, 0.4) is 0 Å². The number of nitrogens with zero attached hydrogens (tertiary/aromatic N) is 4. The predicted octanol–water partition coefficient (Wildman–Crippen LogP) is -0.0177. The average molecular weight is 388 g/mol. The average Bonchev–Trinajstić information content (AvgIpc) is 2.77. The second-order valence-corrected chi connectivity index (χ2v) is 5.17. The first kappa shape index (κ1) is 17.9. The van der Waals surface area contributed by atoms with Gasteiger partial charge in [0.05, 0.1) is 12.4 Å². The van der Waals surface area contributed by atoms with E-state index in [1.165, 1.54) is 15.5 Å². The van der Waals surface area contributed by atoms with Gasteiger partial charge in [0.1, 0.15) is 0 Å². The van der Waals surface area contributed by atoms with Gasteiger partial charge in [-0.15, -0.1) is 0 Å². The van der Waals surface area contributed by atoms with Crippen molar-refractivity contribution < 1.29 is 27.5 Å². The Kier molecular flexibility index (Phi) is 6.15. The van der Waals surface area contributed by atoms with Crippen LogP contribution >= 0.6 is 0 Å². The number of rotatable bonds is 5. The van der Waals surface area contributed by atoms with Crippen LogP contribution in [0.5, 0.6) is 0 Å². The summed E-state index contributed by atoms with van der Waals surface area (Å²) in [4.78, 5) is 28.6. The molecule has 2 rings (SSSR count). The van der Waals surface area contributed by atoms with Gasteiger partial charge in [-0.3, -0.25) is 13.9 Å². The molecule has 0 saturated carbocycles. The standard InChI is InChI=1S/C13H20N4O3.Ag/c1-9(18)6-4-5-7-17-12(19)10-11(14-8-15(10)2)16(3)13(17)20;/h8-9,18H,4-7H2,1-3H3;/t9-;/m1./s1. The van der Waals surface area contributed by atoms with Crippen LogP contribution in [0.25, 0.3) is 11.2 Å². The van der Waals surface area contributed by atoms with Crippen LogP contribution in [0, 0.1) is 0 Å². The van der Waals surface area contributed by atoms with Gasteiger partial charge in [-0.2, -0.15) is 0 Å². The third-order valence-electron chi connectivity index (χ3n) is 3.45. The molecule has 2 heterocycles. The second kappa shape index (κ2) is 7.22. The number of imidazole rings is 1. The molecule has 1 N–H and O–H groups in total. The SMILES string of the molecule is C[C@@H](O)CCCCn1c(=O)c2c(ncn2C)n(C)c1=O.[Ag]. The molecule has 0 fully saturated rings. The summed E-state index contributed by atoms with van der Waals surface area (Å²) in [5.74, 6) is 0. The van der Waals surface area contributed by atoms with Gasteiger partial charge >= 0.3 is 5.69 Å². The molecule has 0 aromatic carbocycles. The minimum atomic E-state index is -0.353. The number of hydrogen-bond acceptors (Lipinski definition) is 4. The molecule has 7 nitrogen and oxygen atoms in total. The fraction of sp³-hybridized carbons (Fsp3) is 0.615. The number of hydrogen-bond donors (Lipinski definition) is 1. The van der Waals surface area contributed by atoms with Crippen LogP contribution in [0.15, 0.2) is 15.9 Å². The summed E-state index contributed by atoms with van der Waals surface area (Å²) >= 11 is 0. The summed E-state index contributed by atoms with van der Waals surface area (Å²) in [5.41, 5.74) is 0.184. The molecule has 0 aliphatic carbocycles. The topological polar surface area (TPSA) is 82.1 Å². The molecule has 0 spiro atoms. The third kappa shape index (κ3) is 3.55. The molecular formula is C13H20AgN4O3. The van der Waals surface area contributed by atoms with E-state index in [0.717, 1.165) is 6.42 Å². The molecule has 0 saturated heterocycles. The second-order valence-electron chi connectivity index (χ2n) is 5.17. The maximum absolute atomic E-state index is 12.4. The van der Waals surface area contributed by atoms with Crippen LogP contribution in [0.1, 0.15) is 26.2 Å². The van der Waals surface area contributed by atoms with Crippen LogP contribution < -0.4 is 11.2 Å². The number of fused-ring (bicyclic) bond motifs is 1. The van der Waals surface area contributed by atoms with E-state index in [1.807, 2.05) is 0 Å². The van der Waals surface area contributed by atoms with Crippen LogP contribution in [0.2, 0.25) is 0 Å². The normalized spacial score (nSPS) is 12.4. The zero-order chi connectivity index (χ0) is 14.9. The Labute approximate surface area is 137 Å². The molecule has 1 radical (unpaired) electrons. The molecule has 2 aromatic heterocycles. The minimum absolute atomic E-state index is 0. The molecule has 121 valence electrons. The molecule has 1 atom stereocenters. The molecule has 0 unspecified atom stereocenters. The molecule has 0 aliphatic heterocycles. The van der Waals surface area contributed by atoms with E-state index in [0.29, 0.717) is 30.6 Å². The molecule has 8 heteroatoms. The quantitative estimate of drug-likeness (QED) is 0.577. The fourth-order valence-corrected chi connectivity index (χ4v) is 2.30. The molecular weight excluding hydrogens is 368 g/mol. The predicted molar refractivity (Wildman–Crippen MR) is 75.7 cm³/mol. The largest absolute Gasteiger partial charge is 0.393 e. The summed E-state index contributed by atoms with van der Waals surface area (Å²) in [7, 11) is 3.35. The van der Waals surface area contributed by atoms with Gasteiger partial charge < -0.3 is 9.67 Å². The number of aliphatic hydroxyl groups is 1. The smallest absolute Gasteiger partial charge is 0.332 e. The fourth-order valence-electron chi connectivity index (χ4n) is 2.30. The first-order valence-corrected chi connectivity index (χ1v) is 6.72. The summed E-state index contributed by atoms with van der Waals surface area (Å²) in [6.45, 7) is 2.09. The van der Waals surface area contributed by atoms with E-state index in [1.54, 1.807) is 25.6 Å². The van der Waals surface area contributed by atoms with Gasteiger partial charge in [0.15, 0.2) is 11.2 Å². The number of aromatic nitrogens is 4. The molecule has 0 amide bonds. The number of aryl methyl sites for hydroxylation is 2. The molecule has 21 heavy (non-hydrogen) atoms. The Hall–Kier alpha value is -1.15. The van der Waals surface area contributed by atoms with E-state index in [4.69, 9.17) is 0 Å². The number of aliphatic hydroxyl groups excluding tert-OH is 1. The van der Waals surface area contributed by atoms with Crippen molar-refractivity contribution >= 4 is 11.2 Å². The maximum Gasteiger partial charge on any atom is 0.332 e. The van der Waals surface area contributed by atoms with Crippen molar-refractivity contribution in [3.8, 4) is 0 Å². The van der Waals surface area contributed by atoms with E-state index >= 15 is 0 Å². The van der Waals surface area contributed by atoms with Gasteiger partial charge in [-0.1, -0.05) is 0 Å². The van der Waals surface area contributed by atoms with Gasteiger partial charge in [0, 0.05) is 43.0 Å². The first-order chi connectivity index (χ1) is 9.43. The van der Waals surface area contributed by atoms with Crippen molar-refractivity contribution in [2.75, 3.05) is 0 Å². The van der Waals surface area contributed by atoms with Crippen molar-refractivity contribution in [1.82, 2.24) is 18.7 Å². The Morgan fingerprint density at radius 2 is 1.95 bits per heavy atom. The van der Waals surface area contributed by atoms with E-state index in [2.05, 4.69) is 4.98 Å². The zero-order valence-corrected chi connectivity index (χ0v) is 13.8. The third-order valence-corrected chi connectivity index (χ3v) is 3.45. The first-order valence-electron chi connectivity index (χ1n) is 6.72. The summed E-state index contributed by atoms with van der Waals surface area (Å²) in [5, 5.41) is 9.21.